The van der Waals surface area contributed by atoms with E-state index >= 15 is 0 Å². The Hall–Kier alpha value is -2.80. The molecule has 29 heavy (non-hydrogen) atoms. The average Bonchev–Trinajstić information content (AvgIpc) is 3.50. The van der Waals surface area contributed by atoms with Gasteiger partial charge in [0.1, 0.15) is 0 Å². The molecule has 8 heteroatoms. The van der Waals surface area contributed by atoms with Gasteiger partial charge in [-0.25, -0.2) is 0 Å². The highest BCUT2D eigenvalue weighted by Gasteiger charge is 2.31. The first-order valence-corrected chi connectivity index (χ1v) is 9.32. The van der Waals surface area contributed by atoms with E-state index in [4.69, 9.17) is 11.6 Å². The molecule has 1 fully saturated rings. The number of alkyl halides is 3. The van der Waals surface area contributed by atoms with Crippen molar-refractivity contribution >= 4 is 35.2 Å². The summed E-state index contributed by atoms with van der Waals surface area (Å²) < 4.78 is 38.4. The van der Waals surface area contributed by atoms with Crippen molar-refractivity contribution in [1.82, 2.24) is 5.32 Å². The lowest BCUT2D eigenvalue weighted by atomic mass is 10.1. The highest BCUT2D eigenvalue weighted by Crippen LogP contribution is 2.32. The summed E-state index contributed by atoms with van der Waals surface area (Å²) in [5.41, 5.74) is 0.686. The Labute approximate surface area is 170 Å². The minimum Gasteiger partial charge on any atom is -0.348 e. The summed E-state index contributed by atoms with van der Waals surface area (Å²) in [5, 5.41) is 5.59. The van der Waals surface area contributed by atoms with Crippen molar-refractivity contribution in [2.75, 3.05) is 5.32 Å². The predicted molar refractivity (Wildman–Crippen MR) is 105 cm³/mol. The fourth-order valence-corrected chi connectivity index (χ4v) is 2.79. The molecule has 2 amide bonds. The van der Waals surface area contributed by atoms with Crippen molar-refractivity contribution < 1.29 is 22.8 Å². The number of anilines is 1. The second kappa shape index (κ2) is 8.69. The summed E-state index contributed by atoms with van der Waals surface area (Å²) in [6.45, 7) is 0.201. The fourth-order valence-electron chi connectivity index (χ4n) is 2.61. The minimum atomic E-state index is -4.49. The molecule has 0 radical (unpaired) electrons. The van der Waals surface area contributed by atoms with Gasteiger partial charge in [-0.3, -0.25) is 9.59 Å². The van der Waals surface area contributed by atoms with Crippen LogP contribution in [0.25, 0.3) is 6.08 Å². The number of carbonyl (C=O) groups excluding carboxylic acids is 2. The standard InChI is InChI=1S/C21H18ClF3N2O2/c22-18-8-7-16(21(23,24)25)11-15(18)6-9-19(28)26-12-13-2-1-3-17(10-13)27-20(29)14-4-5-14/h1-3,6-11,14H,4-5,12H2,(H,26,28)(H,27,29)/b9-6+. The van der Waals surface area contributed by atoms with Crippen LogP contribution in [-0.2, 0) is 22.3 Å². The van der Waals surface area contributed by atoms with Crippen molar-refractivity contribution in [2.24, 2.45) is 5.92 Å². The Balaban J connectivity index is 1.58. The van der Waals surface area contributed by atoms with Crippen LogP contribution in [0.15, 0.2) is 48.5 Å². The van der Waals surface area contributed by atoms with Gasteiger partial charge in [0.05, 0.1) is 5.56 Å². The summed E-state index contributed by atoms with van der Waals surface area (Å²) in [6.07, 6.45) is -0.317. The van der Waals surface area contributed by atoms with Crippen molar-refractivity contribution in [3.63, 3.8) is 0 Å². The number of nitrogens with one attached hydrogen (secondary N) is 2. The van der Waals surface area contributed by atoms with Crippen molar-refractivity contribution in [2.45, 2.75) is 25.6 Å². The maximum atomic E-state index is 12.8. The van der Waals surface area contributed by atoms with E-state index in [1.54, 1.807) is 24.3 Å². The van der Waals surface area contributed by atoms with Crippen LogP contribution in [-0.4, -0.2) is 11.8 Å². The molecule has 2 aromatic carbocycles. The molecule has 2 N–H and O–H groups in total. The smallest absolute Gasteiger partial charge is 0.348 e. The molecular formula is C21H18ClF3N2O2. The predicted octanol–water partition coefficient (Wildman–Crippen LogP) is 5.04. The zero-order chi connectivity index (χ0) is 21.0. The molecule has 1 saturated carbocycles. The van der Waals surface area contributed by atoms with Gasteiger partial charge in [-0.1, -0.05) is 23.7 Å². The average molecular weight is 423 g/mol. The first-order chi connectivity index (χ1) is 13.7. The fraction of sp³-hybridized carbons (Fsp3) is 0.238. The third-order valence-corrected chi connectivity index (χ3v) is 4.69. The molecule has 0 aromatic heterocycles. The van der Waals surface area contributed by atoms with Gasteiger partial charge >= 0.3 is 6.18 Å². The molecule has 0 bridgehead atoms. The number of hydrogen-bond donors (Lipinski definition) is 2. The SMILES string of the molecule is O=C(/C=C/c1cc(C(F)(F)F)ccc1Cl)NCc1cccc(NC(=O)C2CC2)c1. The molecule has 0 saturated heterocycles. The Kier molecular flexibility index (Phi) is 6.27. The molecule has 0 spiro atoms. The largest absolute Gasteiger partial charge is 0.416 e. The maximum Gasteiger partial charge on any atom is 0.416 e. The van der Waals surface area contributed by atoms with E-state index in [-0.39, 0.29) is 29.0 Å². The van der Waals surface area contributed by atoms with E-state index in [0.717, 1.165) is 42.7 Å². The number of carbonyl (C=O) groups is 2. The molecule has 1 aliphatic carbocycles. The Morgan fingerprint density at radius 2 is 1.90 bits per heavy atom. The van der Waals surface area contributed by atoms with Gasteiger partial charge in [0.15, 0.2) is 0 Å². The topological polar surface area (TPSA) is 58.2 Å². The first kappa shape index (κ1) is 20.9. The number of amides is 2. The van der Waals surface area contributed by atoms with Gasteiger partial charge in [0, 0.05) is 29.2 Å². The van der Waals surface area contributed by atoms with Crippen molar-refractivity contribution in [3.8, 4) is 0 Å². The lowest BCUT2D eigenvalue weighted by Gasteiger charge is -2.09. The monoisotopic (exact) mass is 422 g/mol. The van der Waals surface area contributed by atoms with E-state index in [0.29, 0.717) is 5.69 Å². The first-order valence-electron chi connectivity index (χ1n) is 8.95. The van der Waals surface area contributed by atoms with Crippen LogP contribution in [0, 0.1) is 5.92 Å². The summed E-state index contributed by atoms with van der Waals surface area (Å²) in [7, 11) is 0. The maximum absolute atomic E-state index is 12.8. The van der Waals surface area contributed by atoms with Crippen LogP contribution in [0.1, 0.15) is 29.5 Å². The Morgan fingerprint density at radius 1 is 1.14 bits per heavy atom. The molecule has 152 valence electrons. The van der Waals surface area contributed by atoms with Gasteiger partial charge in [-0.15, -0.1) is 0 Å². The summed E-state index contributed by atoms with van der Waals surface area (Å²) in [4.78, 5) is 23.8. The molecule has 0 heterocycles. The van der Waals surface area contributed by atoms with E-state index in [2.05, 4.69) is 10.6 Å². The van der Waals surface area contributed by atoms with Crippen molar-refractivity contribution in [3.05, 3.63) is 70.3 Å². The summed E-state index contributed by atoms with van der Waals surface area (Å²) in [5.74, 6) is -0.399. The quantitative estimate of drug-likeness (QED) is 0.641. The third-order valence-electron chi connectivity index (χ3n) is 4.35. The second-order valence-electron chi connectivity index (χ2n) is 6.75. The third kappa shape index (κ3) is 6.09. The van der Waals surface area contributed by atoms with Gasteiger partial charge in [0.25, 0.3) is 0 Å². The Morgan fingerprint density at radius 3 is 2.59 bits per heavy atom. The van der Waals surface area contributed by atoms with E-state index in [1.807, 2.05) is 0 Å². The van der Waals surface area contributed by atoms with E-state index in [1.165, 1.54) is 6.08 Å². The van der Waals surface area contributed by atoms with Crippen LogP contribution in [0.5, 0.6) is 0 Å². The lowest BCUT2D eigenvalue weighted by Crippen LogP contribution is -2.20. The number of halogens is 4. The molecule has 2 aromatic rings. The highest BCUT2D eigenvalue weighted by molar-refractivity contribution is 6.32. The molecule has 0 aliphatic heterocycles. The van der Waals surface area contributed by atoms with E-state index < -0.39 is 17.6 Å². The number of benzene rings is 2. The zero-order valence-corrected chi connectivity index (χ0v) is 16.0. The zero-order valence-electron chi connectivity index (χ0n) is 15.2. The summed E-state index contributed by atoms with van der Waals surface area (Å²) >= 11 is 5.90. The van der Waals surface area contributed by atoms with Crippen LogP contribution in [0.4, 0.5) is 18.9 Å². The normalized spacial score (nSPS) is 14.1. The van der Waals surface area contributed by atoms with Crippen LogP contribution >= 0.6 is 11.6 Å². The molecular weight excluding hydrogens is 405 g/mol. The van der Waals surface area contributed by atoms with Gasteiger partial charge in [-0.2, -0.15) is 13.2 Å². The molecule has 0 atom stereocenters. The highest BCUT2D eigenvalue weighted by atomic mass is 35.5. The molecule has 1 aliphatic rings. The minimum absolute atomic E-state index is 0.00733. The van der Waals surface area contributed by atoms with Crippen LogP contribution in [0.3, 0.4) is 0 Å². The summed E-state index contributed by atoms with van der Waals surface area (Å²) in [6, 6.07) is 9.99. The van der Waals surface area contributed by atoms with Crippen molar-refractivity contribution in [1.29, 1.82) is 0 Å². The second-order valence-corrected chi connectivity index (χ2v) is 7.16. The Bertz CT molecular complexity index is 953. The van der Waals surface area contributed by atoms with E-state index in [9.17, 15) is 22.8 Å². The van der Waals surface area contributed by atoms with Gasteiger partial charge < -0.3 is 10.6 Å². The molecule has 3 rings (SSSR count). The molecule has 4 nitrogen and oxygen atoms in total. The van der Waals surface area contributed by atoms with Gasteiger partial charge in [0.2, 0.25) is 11.8 Å². The molecule has 0 unspecified atom stereocenters. The number of rotatable bonds is 6. The van der Waals surface area contributed by atoms with Gasteiger partial charge in [-0.05, 0) is 60.4 Å². The van der Waals surface area contributed by atoms with Crippen LogP contribution < -0.4 is 10.6 Å². The number of hydrogen-bond acceptors (Lipinski definition) is 2. The van der Waals surface area contributed by atoms with Crippen LogP contribution in [0.2, 0.25) is 5.02 Å². The lowest BCUT2D eigenvalue weighted by molar-refractivity contribution is -0.137.